The minimum absolute atomic E-state index is 0.254. The molecule has 1 N–H and O–H groups in total. The lowest BCUT2D eigenvalue weighted by Gasteiger charge is -2.41. The van der Waals surface area contributed by atoms with Crippen LogP contribution in [0.5, 0.6) is 5.75 Å². The van der Waals surface area contributed by atoms with Crippen LogP contribution in [0.2, 0.25) is 0 Å². The number of carbonyl (C=O) groups is 1. The number of pyridine rings is 1. The Morgan fingerprint density at radius 2 is 2.26 bits per heavy atom. The summed E-state index contributed by atoms with van der Waals surface area (Å²) < 4.78 is 5.22. The van der Waals surface area contributed by atoms with Gasteiger partial charge in [0.05, 0.1) is 18.7 Å². The Balaban J connectivity index is 1.91. The predicted octanol–water partition coefficient (Wildman–Crippen LogP) is 1.55. The average molecular weight is 264 g/mol. The number of carboxylic acids is 1. The van der Waals surface area contributed by atoms with Gasteiger partial charge >= 0.3 is 5.97 Å². The number of hydrogen-bond acceptors (Lipinski definition) is 4. The molecule has 2 rings (SSSR count). The van der Waals surface area contributed by atoms with Crippen molar-refractivity contribution in [3.05, 3.63) is 23.5 Å². The third-order valence-electron chi connectivity index (χ3n) is 3.68. The van der Waals surface area contributed by atoms with Crippen LogP contribution in [0.25, 0.3) is 0 Å². The molecule has 104 valence electrons. The maximum Gasteiger partial charge on any atom is 0.306 e. The predicted molar refractivity (Wildman–Crippen MR) is 71.1 cm³/mol. The second kappa shape index (κ2) is 5.57. The van der Waals surface area contributed by atoms with E-state index in [0.717, 1.165) is 36.8 Å². The third-order valence-corrected chi connectivity index (χ3v) is 3.68. The van der Waals surface area contributed by atoms with E-state index in [1.807, 2.05) is 19.1 Å². The molecule has 2 heterocycles. The molecule has 0 saturated carbocycles. The van der Waals surface area contributed by atoms with Gasteiger partial charge in [-0.1, -0.05) is 6.92 Å². The molecule has 0 spiro atoms. The van der Waals surface area contributed by atoms with Crippen LogP contribution >= 0.6 is 0 Å². The second-order valence-electron chi connectivity index (χ2n) is 5.22. The van der Waals surface area contributed by atoms with Gasteiger partial charge in [-0.3, -0.25) is 14.7 Å². The first-order valence-electron chi connectivity index (χ1n) is 6.46. The molecule has 1 aliphatic heterocycles. The number of aromatic nitrogens is 1. The monoisotopic (exact) mass is 264 g/mol. The maximum absolute atomic E-state index is 10.9. The number of ether oxygens (including phenoxy) is 1. The fourth-order valence-corrected chi connectivity index (χ4v) is 2.39. The highest BCUT2D eigenvalue weighted by atomic mass is 16.5. The molecular formula is C14H20N2O3. The van der Waals surface area contributed by atoms with Gasteiger partial charge in [-0.05, 0) is 12.8 Å². The third kappa shape index (κ3) is 3.23. The largest absolute Gasteiger partial charge is 0.497 e. The molecule has 19 heavy (non-hydrogen) atoms. The zero-order chi connectivity index (χ0) is 14.0. The molecule has 1 fully saturated rings. The summed E-state index contributed by atoms with van der Waals surface area (Å²) in [6.07, 6.45) is 0. The van der Waals surface area contributed by atoms with Crippen LogP contribution in [-0.2, 0) is 11.3 Å². The molecule has 0 amide bonds. The van der Waals surface area contributed by atoms with Crippen LogP contribution in [0.4, 0.5) is 0 Å². The molecule has 5 nitrogen and oxygen atoms in total. The van der Waals surface area contributed by atoms with E-state index in [-0.39, 0.29) is 11.8 Å². The van der Waals surface area contributed by atoms with Gasteiger partial charge in [-0.2, -0.15) is 0 Å². The van der Waals surface area contributed by atoms with E-state index >= 15 is 0 Å². The summed E-state index contributed by atoms with van der Waals surface area (Å²) in [5, 5.41) is 8.95. The van der Waals surface area contributed by atoms with E-state index in [1.54, 1.807) is 14.0 Å². The number of likely N-dealkylation sites (tertiary alicyclic amines) is 1. The summed E-state index contributed by atoms with van der Waals surface area (Å²) >= 11 is 0. The molecule has 1 unspecified atom stereocenters. The number of aliphatic carboxylic acids is 1. The van der Waals surface area contributed by atoms with Crippen LogP contribution in [0, 0.1) is 18.8 Å². The fourth-order valence-electron chi connectivity index (χ4n) is 2.39. The summed E-state index contributed by atoms with van der Waals surface area (Å²) in [7, 11) is 1.65. The lowest BCUT2D eigenvalue weighted by atomic mass is 9.87. The highest BCUT2D eigenvalue weighted by molar-refractivity contribution is 5.70. The van der Waals surface area contributed by atoms with Gasteiger partial charge in [-0.25, -0.2) is 0 Å². The molecule has 1 aromatic rings. The van der Waals surface area contributed by atoms with Crippen LogP contribution in [0.1, 0.15) is 18.3 Å². The molecule has 1 aliphatic rings. The Kier molecular flexibility index (Phi) is 4.04. The number of hydrogen-bond donors (Lipinski definition) is 1. The minimum Gasteiger partial charge on any atom is -0.497 e. The summed E-state index contributed by atoms with van der Waals surface area (Å²) in [6.45, 7) is 6.12. The molecule has 0 aromatic carbocycles. The van der Waals surface area contributed by atoms with Gasteiger partial charge in [0, 0.05) is 37.5 Å². The van der Waals surface area contributed by atoms with Gasteiger partial charge in [0.25, 0.3) is 0 Å². The van der Waals surface area contributed by atoms with E-state index in [0.29, 0.717) is 0 Å². The highest BCUT2D eigenvalue weighted by Gasteiger charge is 2.34. The zero-order valence-electron chi connectivity index (χ0n) is 11.6. The first kappa shape index (κ1) is 13.8. The first-order valence-corrected chi connectivity index (χ1v) is 6.46. The van der Waals surface area contributed by atoms with Crippen molar-refractivity contribution in [1.29, 1.82) is 0 Å². The number of nitrogens with zero attached hydrogens (tertiary/aromatic N) is 2. The van der Waals surface area contributed by atoms with Crippen LogP contribution in [0.3, 0.4) is 0 Å². The van der Waals surface area contributed by atoms with Crippen molar-refractivity contribution >= 4 is 5.97 Å². The van der Waals surface area contributed by atoms with E-state index in [1.165, 1.54) is 0 Å². The lowest BCUT2D eigenvalue weighted by molar-refractivity contribution is -0.145. The Morgan fingerprint density at radius 1 is 1.58 bits per heavy atom. The van der Waals surface area contributed by atoms with Crippen molar-refractivity contribution in [3.8, 4) is 5.75 Å². The van der Waals surface area contributed by atoms with Crippen LogP contribution in [0.15, 0.2) is 12.1 Å². The smallest absolute Gasteiger partial charge is 0.306 e. The Morgan fingerprint density at radius 3 is 2.84 bits per heavy atom. The van der Waals surface area contributed by atoms with E-state index in [2.05, 4.69) is 9.88 Å². The molecular weight excluding hydrogens is 244 g/mol. The zero-order valence-corrected chi connectivity index (χ0v) is 11.6. The molecule has 5 heteroatoms. The number of aryl methyl sites for hydroxylation is 1. The van der Waals surface area contributed by atoms with Gasteiger partial charge in [0.2, 0.25) is 0 Å². The van der Waals surface area contributed by atoms with Crippen molar-refractivity contribution in [2.24, 2.45) is 11.8 Å². The average Bonchev–Trinajstić information content (AvgIpc) is 2.31. The number of rotatable bonds is 5. The Labute approximate surface area is 113 Å². The molecule has 1 atom stereocenters. The standard InChI is InChI=1S/C14H20N2O3/c1-9-4-13(19-3)5-12(15-9)8-16-6-11(7-16)10(2)14(17)18/h4-5,10-11H,6-8H2,1-3H3,(H,17,18). The molecule has 0 aliphatic carbocycles. The van der Waals surface area contributed by atoms with Crippen molar-refractivity contribution in [2.45, 2.75) is 20.4 Å². The van der Waals surface area contributed by atoms with Crippen molar-refractivity contribution in [3.63, 3.8) is 0 Å². The molecule has 0 radical (unpaired) electrons. The van der Waals surface area contributed by atoms with E-state index in [4.69, 9.17) is 9.84 Å². The highest BCUT2D eigenvalue weighted by Crippen LogP contribution is 2.26. The topological polar surface area (TPSA) is 62.7 Å². The fraction of sp³-hybridized carbons (Fsp3) is 0.571. The lowest BCUT2D eigenvalue weighted by Crippen LogP contribution is -2.50. The van der Waals surface area contributed by atoms with Crippen molar-refractivity contribution in [2.75, 3.05) is 20.2 Å². The molecule has 1 saturated heterocycles. The second-order valence-corrected chi connectivity index (χ2v) is 5.22. The van der Waals surface area contributed by atoms with E-state index in [9.17, 15) is 4.79 Å². The van der Waals surface area contributed by atoms with Crippen molar-refractivity contribution in [1.82, 2.24) is 9.88 Å². The molecule has 0 bridgehead atoms. The summed E-state index contributed by atoms with van der Waals surface area (Å²) in [6, 6.07) is 3.83. The van der Waals surface area contributed by atoms with Crippen molar-refractivity contribution < 1.29 is 14.6 Å². The minimum atomic E-state index is -0.708. The Hall–Kier alpha value is -1.62. The number of carboxylic acid groups (broad SMARTS) is 1. The van der Waals surface area contributed by atoms with E-state index < -0.39 is 5.97 Å². The Bertz CT molecular complexity index is 470. The summed E-state index contributed by atoms with van der Waals surface area (Å²) in [5.41, 5.74) is 1.91. The van der Waals surface area contributed by atoms with Crippen LogP contribution in [-0.4, -0.2) is 41.2 Å². The van der Waals surface area contributed by atoms with Gasteiger partial charge in [-0.15, -0.1) is 0 Å². The first-order chi connectivity index (χ1) is 8.99. The summed E-state index contributed by atoms with van der Waals surface area (Å²) in [4.78, 5) is 17.6. The molecule has 1 aromatic heterocycles. The van der Waals surface area contributed by atoms with Crippen LogP contribution < -0.4 is 4.74 Å². The van der Waals surface area contributed by atoms with Gasteiger partial charge in [0.1, 0.15) is 5.75 Å². The number of methoxy groups -OCH3 is 1. The van der Waals surface area contributed by atoms with Gasteiger partial charge < -0.3 is 9.84 Å². The maximum atomic E-state index is 10.9. The summed E-state index contributed by atoms with van der Waals surface area (Å²) in [5.74, 6) is 0.0962. The van der Waals surface area contributed by atoms with Gasteiger partial charge in [0.15, 0.2) is 0 Å². The normalized spacial score (nSPS) is 17.8. The quantitative estimate of drug-likeness (QED) is 0.874. The SMILES string of the molecule is COc1cc(C)nc(CN2CC(C(C)C(=O)O)C2)c1.